The lowest BCUT2D eigenvalue weighted by Crippen LogP contribution is -2.09. The van der Waals surface area contributed by atoms with Crippen molar-refractivity contribution in [3.8, 4) is 11.5 Å². The monoisotopic (exact) mass is 391 g/mol. The molecule has 0 unspecified atom stereocenters. The second-order valence-electron chi connectivity index (χ2n) is 4.90. The number of hydrogen-bond acceptors (Lipinski definition) is 3. The summed E-state index contributed by atoms with van der Waals surface area (Å²) < 4.78 is 84.2. The zero-order valence-corrected chi connectivity index (χ0v) is 13.3. The predicted octanol–water partition coefficient (Wildman–Crippen LogP) is 4.82. The number of nitrogens with one attached hydrogen (secondary N) is 1. The second-order valence-corrected chi connectivity index (χ2v) is 4.90. The van der Waals surface area contributed by atoms with Gasteiger partial charge in [0.25, 0.3) is 0 Å². The minimum atomic E-state index is -3.26. The number of carbonyl (C=O) groups excluding carboxylic acids is 1. The topological polar surface area (TPSA) is 47.6 Å². The third kappa shape index (κ3) is 6.24. The van der Waals surface area contributed by atoms with Gasteiger partial charge in [-0.2, -0.15) is 17.6 Å². The summed E-state index contributed by atoms with van der Waals surface area (Å²) in [5.41, 5.74) is -0.485. The largest absolute Gasteiger partial charge is 0.435 e. The molecule has 0 atom stereocenters. The molecule has 0 aliphatic rings. The van der Waals surface area contributed by atoms with Gasteiger partial charge in [0.15, 0.2) is 0 Å². The number of anilines is 1. The lowest BCUT2D eigenvalue weighted by Gasteiger charge is -2.11. The average molecular weight is 391 g/mol. The van der Waals surface area contributed by atoms with Crippen LogP contribution in [0.5, 0.6) is 11.5 Å². The molecule has 27 heavy (non-hydrogen) atoms. The van der Waals surface area contributed by atoms with Crippen LogP contribution in [0.2, 0.25) is 0 Å². The van der Waals surface area contributed by atoms with Crippen LogP contribution < -0.4 is 14.8 Å². The Labute approximate surface area is 149 Å². The van der Waals surface area contributed by atoms with Gasteiger partial charge in [-0.25, -0.2) is 8.78 Å². The quantitative estimate of drug-likeness (QED) is 0.544. The van der Waals surface area contributed by atoms with Crippen molar-refractivity contribution in [1.29, 1.82) is 0 Å². The Kier molecular flexibility index (Phi) is 6.69. The van der Waals surface area contributed by atoms with Crippen LogP contribution in [0.3, 0.4) is 0 Å². The maximum absolute atomic E-state index is 13.5. The fraction of sp³-hybridized carbons (Fsp3) is 0.118. The van der Waals surface area contributed by atoms with E-state index in [0.717, 1.165) is 48.6 Å². The van der Waals surface area contributed by atoms with Gasteiger partial charge in [-0.15, -0.1) is 0 Å². The van der Waals surface area contributed by atoms with Crippen LogP contribution in [0.4, 0.5) is 32.0 Å². The second kappa shape index (κ2) is 8.97. The van der Waals surface area contributed by atoms with E-state index in [2.05, 4.69) is 14.8 Å². The van der Waals surface area contributed by atoms with E-state index in [1.54, 1.807) is 0 Å². The van der Waals surface area contributed by atoms with Crippen molar-refractivity contribution in [2.75, 3.05) is 5.32 Å². The first-order valence-electron chi connectivity index (χ1n) is 7.22. The standard InChI is InChI=1S/C17H11F6NO3/c18-10-3-5-12(19)13(7-10)24-15(25)6-2-9-1-4-11(26-16(20)21)8-14(9)27-17(22)23/h1-8,16-17H,(H,24,25)/b6-2+. The summed E-state index contributed by atoms with van der Waals surface area (Å²) in [6.07, 6.45) is 1.86. The Bertz CT molecular complexity index is 841. The molecule has 4 nitrogen and oxygen atoms in total. The first-order valence-corrected chi connectivity index (χ1v) is 7.22. The average Bonchev–Trinajstić information content (AvgIpc) is 2.56. The number of carbonyl (C=O) groups is 1. The highest BCUT2D eigenvalue weighted by Crippen LogP contribution is 2.28. The molecule has 1 amide bonds. The van der Waals surface area contributed by atoms with Crippen LogP contribution in [-0.4, -0.2) is 19.1 Å². The number of ether oxygens (including phenoxy) is 2. The SMILES string of the molecule is O=C(/C=C/c1ccc(OC(F)F)cc1OC(F)F)Nc1cc(F)ccc1F. The third-order valence-corrected chi connectivity index (χ3v) is 3.03. The number of amides is 1. The molecule has 0 radical (unpaired) electrons. The van der Waals surface area contributed by atoms with Gasteiger partial charge < -0.3 is 14.8 Å². The number of benzene rings is 2. The molecule has 0 heterocycles. The first-order chi connectivity index (χ1) is 12.7. The molecule has 0 spiro atoms. The minimum Gasteiger partial charge on any atom is -0.435 e. The van der Waals surface area contributed by atoms with Crippen molar-refractivity contribution in [3.05, 3.63) is 59.7 Å². The molecule has 0 saturated carbocycles. The Hall–Kier alpha value is -3.17. The van der Waals surface area contributed by atoms with Crippen molar-refractivity contribution in [2.24, 2.45) is 0 Å². The molecule has 0 saturated heterocycles. The number of alkyl halides is 4. The Morgan fingerprint density at radius 2 is 1.67 bits per heavy atom. The van der Waals surface area contributed by atoms with E-state index in [1.165, 1.54) is 0 Å². The molecule has 2 rings (SSSR count). The van der Waals surface area contributed by atoms with Gasteiger partial charge in [-0.05, 0) is 30.3 Å². The molecule has 10 heteroatoms. The minimum absolute atomic E-state index is 0.0632. The van der Waals surface area contributed by atoms with Crippen LogP contribution >= 0.6 is 0 Å². The fourth-order valence-corrected chi connectivity index (χ4v) is 1.96. The highest BCUT2D eigenvalue weighted by atomic mass is 19.3. The van der Waals surface area contributed by atoms with E-state index in [4.69, 9.17) is 0 Å². The van der Waals surface area contributed by atoms with Gasteiger partial charge in [-0.3, -0.25) is 4.79 Å². The zero-order chi connectivity index (χ0) is 20.0. The normalized spacial score (nSPS) is 11.3. The van der Waals surface area contributed by atoms with Crippen LogP contribution in [0.15, 0.2) is 42.5 Å². The number of rotatable bonds is 7. The molecule has 0 aliphatic heterocycles. The van der Waals surface area contributed by atoms with Crippen molar-refractivity contribution < 1.29 is 40.6 Å². The Morgan fingerprint density at radius 1 is 0.963 bits per heavy atom. The van der Waals surface area contributed by atoms with Gasteiger partial charge in [0.2, 0.25) is 5.91 Å². The first kappa shape index (κ1) is 20.1. The van der Waals surface area contributed by atoms with Gasteiger partial charge >= 0.3 is 13.2 Å². The molecular weight excluding hydrogens is 380 g/mol. The maximum Gasteiger partial charge on any atom is 0.387 e. The van der Waals surface area contributed by atoms with E-state index in [-0.39, 0.29) is 5.56 Å². The molecular formula is C17H11F6NO3. The molecule has 0 fully saturated rings. The summed E-state index contributed by atoms with van der Waals surface area (Å²) in [4.78, 5) is 11.8. The summed E-state index contributed by atoms with van der Waals surface area (Å²) >= 11 is 0. The molecule has 2 aromatic carbocycles. The maximum atomic E-state index is 13.5. The van der Waals surface area contributed by atoms with E-state index in [0.29, 0.717) is 0 Å². The molecule has 144 valence electrons. The van der Waals surface area contributed by atoms with E-state index in [1.807, 2.05) is 0 Å². The van der Waals surface area contributed by atoms with E-state index < -0.39 is 48.0 Å². The number of halogens is 6. The van der Waals surface area contributed by atoms with Crippen LogP contribution in [0.25, 0.3) is 6.08 Å². The van der Waals surface area contributed by atoms with Gasteiger partial charge in [0, 0.05) is 23.8 Å². The summed E-state index contributed by atoms with van der Waals surface area (Å²) in [5, 5.41) is 2.07. The van der Waals surface area contributed by atoms with Crippen molar-refractivity contribution in [3.63, 3.8) is 0 Å². The summed E-state index contributed by atoms with van der Waals surface area (Å²) in [6, 6.07) is 5.37. The van der Waals surface area contributed by atoms with Crippen molar-refractivity contribution >= 4 is 17.7 Å². The predicted molar refractivity (Wildman–Crippen MR) is 83.7 cm³/mol. The Balaban J connectivity index is 2.18. The summed E-state index contributed by atoms with van der Waals surface area (Å²) in [5.74, 6) is -3.50. The highest BCUT2D eigenvalue weighted by Gasteiger charge is 2.13. The van der Waals surface area contributed by atoms with Crippen LogP contribution in [0.1, 0.15) is 5.56 Å². The van der Waals surface area contributed by atoms with Gasteiger partial charge in [0.1, 0.15) is 23.1 Å². The fourth-order valence-electron chi connectivity index (χ4n) is 1.96. The third-order valence-electron chi connectivity index (χ3n) is 3.03. The molecule has 0 aliphatic carbocycles. The van der Waals surface area contributed by atoms with Crippen LogP contribution in [0, 0.1) is 11.6 Å². The molecule has 2 aromatic rings. The molecule has 0 aromatic heterocycles. The smallest absolute Gasteiger partial charge is 0.387 e. The van der Waals surface area contributed by atoms with Crippen molar-refractivity contribution in [1.82, 2.24) is 0 Å². The molecule has 1 N–H and O–H groups in total. The van der Waals surface area contributed by atoms with Crippen LogP contribution in [-0.2, 0) is 4.79 Å². The highest BCUT2D eigenvalue weighted by molar-refractivity contribution is 6.02. The summed E-state index contributed by atoms with van der Waals surface area (Å²) in [7, 11) is 0. The van der Waals surface area contributed by atoms with Crippen molar-refractivity contribution in [2.45, 2.75) is 13.2 Å². The molecule has 0 bridgehead atoms. The van der Waals surface area contributed by atoms with Gasteiger partial charge in [0.05, 0.1) is 5.69 Å². The Morgan fingerprint density at radius 3 is 2.33 bits per heavy atom. The number of hydrogen-bond donors (Lipinski definition) is 1. The lowest BCUT2D eigenvalue weighted by atomic mass is 10.1. The lowest BCUT2D eigenvalue weighted by molar-refractivity contribution is -0.111. The van der Waals surface area contributed by atoms with Gasteiger partial charge in [-0.1, -0.05) is 0 Å². The van der Waals surface area contributed by atoms with E-state index >= 15 is 0 Å². The van der Waals surface area contributed by atoms with E-state index in [9.17, 15) is 31.1 Å². The zero-order valence-electron chi connectivity index (χ0n) is 13.3. The summed E-state index contributed by atoms with van der Waals surface area (Å²) in [6.45, 7) is -6.42.